The number of hydrogen-bond donors (Lipinski definition) is 2. The molecule has 0 aromatic heterocycles. The topological polar surface area (TPSA) is 57.5 Å². The average molecular weight is 373 g/mol. The van der Waals surface area contributed by atoms with Crippen molar-refractivity contribution in [3.8, 4) is 0 Å². The van der Waals surface area contributed by atoms with E-state index in [0.717, 1.165) is 49.8 Å². The second-order valence-corrected chi connectivity index (χ2v) is 8.31. The lowest BCUT2D eigenvalue weighted by Gasteiger charge is -2.41. The zero-order valence-corrected chi connectivity index (χ0v) is 18.0. The van der Waals surface area contributed by atoms with Gasteiger partial charge in [-0.15, -0.1) is 0 Å². The molecule has 0 aliphatic carbocycles. The molecule has 4 heteroatoms. The van der Waals surface area contributed by atoms with Gasteiger partial charge in [0.25, 0.3) is 0 Å². The molecular formula is C22H46NO3+. The van der Waals surface area contributed by atoms with E-state index >= 15 is 0 Å². The molecule has 0 aliphatic heterocycles. The summed E-state index contributed by atoms with van der Waals surface area (Å²) in [5, 5.41) is 20.1. The Hall–Kier alpha value is -0.610. The largest absolute Gasteiger partial charge is 0.481 e. The molecule has 156 valence electrons. The van der Waals surface area contributed by atoms with Crippen molar-refractivity contribution in [3.05, 3.63) is 0 Å². The average Bonchev–Trinajstić information content (AvgIpc) is 2.59. The molecule has 2 atom stereocenters. The lowest BCUT2D eigenvalue weighted by atomic mass is 10.0. The molecule has 0 bridgehead atoms. The molecule has 0 fully saturated rings. The van der Waals surface area contributed by atoms with Crippen LogP contribution in [0.3, 0.4) is 0 Å². The lowest BCUT2D eigenvalue weighted by Crippen LogP contribution is -2.56. The maximum absolute atomic E-state index is 11.5. The van der Waals surface area contributed by atoms with Gasteiger partial charge in [-0.1, -0.05) is 59.3 Å². The van der Waals surface area contributed by atoms with Crippen LogP contribution in [0, 0.1) is 5.92 Å². The first kappa shape index (κ1) is 25.4. The fraction of sp³-hybridized carbons (Fsp3) is 0.955. The summed E-state index contributed by atoms with van der Waals surface area (Å²) in [6, 6.07) is 0. The van der Waals surface area contributed by atoms with E-state index in [9.17, 15) is 15.0 Å². The van der Waals surface area contributed by atoms with Gasteiger partial charge in [0.05, 0.1) is 19.6 Å². The van der Waals surface area contributed by atoms with Crippen LogP contribution in [0.1, 0.15) is 98.3 Å². The quantitative estimate of drug-likeness (QED) is 0.256. The Morgan fingerprint density at radius 2 is 1.31 bits per heavy atom. The van der Waals surface area contributed by atoms with Crippen LogP contribution in [-0.2, 0) is 4.79 Å². The van der Waals surface area contributed by atoms with Crippen molar-refractivity contribution in [1.82, 2.24) is 0 Å². The molecule has 0 aliphatic rings. The molecular weight excluding hydrogens is 326 g/mol. The van der Waals surface area contributed by atoms with Crippen LogP contribution in [0.15, 0.2) is 0 Å². The zero-order chi connectivity index (χ0) is 19.8. The normalized spacial score (nSPS) is 14.3. The minimum absolute atomic E-state index is 0.309. The van der Waals surface area contributed by atoms with Gasteiger partial charge in [-0.2, -0.15) is 0 Å². The minimum Gasteiger partial charge on any atom is -0.481 e. The molecule has 26 heavy (non-hydrogen) atoms. The zero-order valence-electron chi connectivity index (χ0n) is 18.0. The van der Waals surface area contributed by atoms with Crippen LogP contribution in [0.5, 0.6) is 0 Å². The van der Waals surface area contributed by atoms with E-state index < -0.39 is 5.97 Å². The van der Waals surface area contributed by atoms with Gasteiger partial charge in [-0.3, -0.25) is 4.79 Å². The smallest absolute Gasteiger partial charge is 0.311 e. The molecule has 0 aromatic carbocycles. The molecule has 0 rings (SSSR count). The third-order valence-corrected chi connectivity index (χ3v) is 5.54. The SMILES string of the molecule is CCCCCCC(O)C[N+](CCCCC)(CCCCC)CC(C)C(=O)O. The van der Waals surface area contributed by atoms with E-state index in [2.05, 4.69) is 20.8 Å². The van der Waals surface area contributed by atoms with E-state index in [1.165, 1.54) is 44.9 Å². The number of carboxylic acids is 1. The van der Waals surface area contributed by atoms with E-state index in [0.29, 0.717) is 6.54 Å². The summed E-state index contributed by atoms with van der Waals surface area (Å²) in [7, 11) is 0. The molecule has 2 unspecified atom stereocenters. The maximum atomic E-state index is 11.5. The Morgan fingerprint density at radius 3 is 1.77 bits per heavy atom. The molecule has 0 spiro atoms. The summed E-state index contributed by atoms with van der Waals surface area (Å²) in [6.07, 6.45) is 12.2. The number of hydrogen-bond acceptors (Lipinski definition) is 2. The van der Waals surface area contributed by atoms with Crippen molar-refractivity contribution in [1.29, 1.82) is 0 Å². The molecule has 0 radical (unpaired) electrons. The van der Waals surface area contributed by atoms with Crippen LogP contribution in [0.4, 0.5) is 0 Å². The van der Waals surface area contributed by atoms with Gasteiger partial charge in [0.1, 0.15) is 18.6 Å². The molecule has 2 N–H and O–H groups in total. The summed E-state index contributed by atoms with van der Waals surface area (Å²) in [5.74, 6) is -1.07. The number of carbonyl (C=O) groups is 1. The lowest BCUT2D eigenvalue weighted by molar-refractivity contribution is -0.933. The van der Waals surface area contributed by atoms with E-state index in [1.54, 1.807) is 0 Å². The molecule has 0 amide bonds. The molecule has 0 saturated heterocycles. The highest BCUT2D eigenvalue weighted by atomic mass is 16.4. The summed E-state index contributed by atoms with van der Waals surface area (Å²) in [6.45, 7) is 11.8. The highest BCUT2D eigenvalue weighted by Crippen LogP contribution is 2.20. The number of aliphatic hydroxyl groups excluding tert-OH is 1. The molecule has 0 aromatic rings. The second-order valence-electron chi connectivity index (χ2n) is 8.31. The van der Waals surface area contributed by atoms with Gasteiger partial charge in [-0.25, -0.2) is 0 Å². The summed E-state index contributed by atoms with van der Waals surface area (Å²) >= 11 is 0. The van der Waals surface area contributed by atoms with Gasteiger partial charge in [0, 0.05) is 0 Å². The van der Waals surface area contributed by atoms with Crippen LogP contribution >= 0.6 is 0 Å². The van der Waals surface area contributed by atoms with Crippen molar-refractivity contribution in [3.63, 3.8) is 0 Å². The third kappa shape index (κ3) is 11.9. The van der Waals surface area contributed by atoms with E-state index in [1.807, 2.05) is 6.92 Å². The van der Waals surface area contributed by atoms with Crippen LogP contribution in [-0.4, -0.2) is 52.9 Å². The summed E-state index contributed by atoms with van der Waals surface area (Å²) in [5.41, 5.74) is 0. The number of aliphatic hydroxyl groups is 1. The van der Waals surface area contributed by atoms with Crippen molar-refractivity contribution in [2.24, 2.45) is 5.92 Å². The van der Waals surface area contributed by atoms with Gasteiger partial charge in [0.15, 0.2) is 0 Å². The summed E-state index contributed by atoms with van der Waals surface area (Å²) in [4.78, 5) is 11.5. The van der Waals surface area contributed by atoms with Crippen molar-refractivity contribution in [2.75, 3.05) is 26.2 Å². The van der Waals surface area contributed by atoms with Gasteiger partial charge in [-0.05, 0) is 39.0 Å². The minimum atomic E-state index is -0.712. The number of rotatable bonds is 18. The Balaban J connectivity index is 5.02. The highest BCUT2D eigenvalue weighted by molar-refractivity contribution is 5.69. The van der Waals surface area contributed by atoms with E-state index in [-0.39, 0.29) is 12.0 Å². The highest BCUT2D eigenvalue weighted by Gasteiger charge is 2.33. The Bertz CT molecular complexity index is 336. The molecule has 0 heterocycles. The molecule has 4 nitrogen and oxygen atoms in total. The molecule has 0 saturated carbocycles. The van der Waals surface area contributed by atoms with Gasteiger partial charge >= 0.3 is 5.97 Å². The predicted molar refractivity (Wildman–Crippen MR) is 110 cm³/mol. The van der Waals surface area contributed by atoms with Crippen molar-refractivity contribution >= 4 is 5.97 Å². The number of aliphatic carboxylic acids is 1. The van der Waals surface area contributed by atoms with Crippen molar-refractivity contribution < 1.29 is 19.5 Å². The maximum Gasteiger partial charge on any atom is 0.311 e. The third-order valence-electron chi connectivity index (χ3n) is 5.54. The van der Waals surface area contributed by atoms with Crippen LogP contribution in [0.2, 0.25) is 0 Å². The Kier molecular flexibility index (Phi) is 15.1. The number of nitrogens with zero attached hydrogens (tertiary/aromatic N) is 1. The Labute approximate surface area is 162 Å². The van der Waals surface area contributed by atoms with Crippen LogP contribution in [0.25, 0.3) is 0 Å². The standard InChI is InChI=1S/C22H45NO3/c1-5-8-11-12-15-21(24)19-23(16-13-9-6-2,17-14-10-7-3)18-20(4)22(25)26/h20-21,24H,5-19H2,1-4H3/p+1. The summed E-state index contributed by atoms with van der Waals surface area (Å²) < 4.78 is 0.780. The van der Waals surface area contributed by atoms with E-state index in [4.69, 9.17) is 0 Å². The Morgan fingerprint density at radius 1 is 0.808 bits per heavy atom. The van der Waals surface area contributed by atoms with Crippen LogP contribution < -0.4 is 0 Å². The second kappa shape index (κ2) is 15.4. The van der Waals surface area contributed by atoms with Gasteiger partial charge < -0.3 is 14.7 Å². The first-order valence-corrected chi connectivity index (χ1v) is 11.2. The fourth-order valence-electron chi connectivity index (χ4n) is 3.95. The predicted octanol–water partition coefficient (Wildman–Crippen LogP) is 5.24. The number of quaternary nitrogens is 1. The first-order chi connectivity index (χ1) is 12.4. The first-order valence-electron chi connectivity index (χ1n) is 11.2. The number of carboxylic acid groups (broad SMARTS) is 1. The number of unbranched alkanes of at least 4 members (excludes halogenated alkanes) is 7. The van der Waals surface area contributed by atoms with Gasteiger partial charge in [0.2, 0.25) is 0 Å². The van der Waals surface area contributed by atoms with Crippen molar-refractivity contribution in [2.45, 2.75) is 104 Å². The monoisotopic (exact) mass is 372 g/mol. The fourth-order valence-corrected chi connectivity index (χ4v) is 3.95.